The number of nitrogens with one attached hydrogen (secondary N) is 1. The lowest BCUT2D eigenvalue weighted by Crippen LogP contribution is -2.52. The average molecular weight is 612 g/mol. The van der Waals surface area contributed by atoms with Crippen LogP contribution in [0.1, 0.15) is 38.3 Å². The van der Waals surface area contributed by atoms with E-state index in [1.54, 1.807) is 24.3 Å². The van der Waals surface area contributed by atoms with Crippen LogP contribution < -0.4 is 23.8 Å². The molecule has 1 N–H and O–H groups in total. The highest BCUT2D eigenvalue weighted by molar-refractivity contribution is 7.92. The summed E-state index contributed by atoms with van der Waals surface area (Å²) in [5.41, 5.74) is 2.06. The third kappa shape index (κ3) is 7.98. The molecule has 3 aromatic carbocycles. The summed E-state index contributed by atoms with van der Waals surface area (Å²) in [7, 11) is -1.43. The Kier molecular flexibility index (Phi) is 11.8. The normalized spacial score (nSPS) is 11.8. The number of hydrogen-bond donors (Lipinski definition) is 1. The van der Waals surface area contributed by atoms with Crippen LogP contribution in [-0.4, -0.2) is 65.1 Å². The van der Waals surface area contributed by atoms with Gasteiger partial charge in [-0.3, -0.25) is 13.9 Å². The molecule has 0 aromatic heterocycles. The lowest BCUT2D eigenvalue weighted by atomic mass is 10.1. The van der Waals surface area contributed by atoms with Crippen molar-refractivity contribution >= 4 is 27.5 Å². The van der Waals surface area contributed by atoms with Crippen molar-refractivity contribution in [2.24, 2.45) is 0 Å². The van der Waals surface area contributed by atoms with E-state index in [4.69, 9.17) is 14.2 Å². The molecule has 232 valence electrons. The van der Waals surface area contributed by atoms with Gasteiger partial charge in [-0.05, 0) is 74.7 Å². The summed E-state index contributed by atoms with van der Waals surface area (Å²) in [4.78, 5) is 28.7. The SMILES string of the molecule is CCNC(=O)[C@@H](CC)N(Cc1ccccc1C)C(=O)CN(c1ccc(OCC)cc1)S(=O)(=O)c1ccc(OC)c(OC)c1. The lowest BCUT2D eigenvalue weighted by Gasteiger charge is -2.33. The Balaban J connectivity index is 2.12. The topological polar surface area (TPSA) is 114 Å². The molecule has 11 heteroatoms. The fourth-order valence-corrected chi connectivity index (χ4v) is 6.12. The second-order valence-corrected chi connectivity index (χ2v) is 11.6. The number of aryl methyl sites for hydroxylation is 1. The predicted octanol–water partition coefficient (Wildman–Crippen LogP) is 4.55. The molecule has 0 aliphatic rings. The minimum Gasteiger partial charge on any atom is -0.494 e. The van der Waals surface area contributed by atoms with Gasteiger partial charge >= 0.3 is 0 Å². The number of benzene rings is 3. The van der Waals surface area contributed by atoms with E-state index in [2.05, 4.69) is 5.32 Å². The molecule has 3 aromatic rings. The molecule has 0 fully saturated rings. The number of methoxy groups -OCH3 is 2. The molecular formula is C32H41N3O7S. The number of carbonyl (C=O) groups is 2. The van der Waals surface area contributed by atoms with Gasteiger partial charge in [0.1, 0.15) is 18.3 Å². The van der Waals surface area contributed by atoms with Gasteiger partial charge in [0.2, 0.25) is 11.8 Å². The smallest absolute Gasteiger partial charge is 0.264 e. The van der Waals surface area contributed by atoms with E-state index in [0.717, 1.165) is 15.4 Å². The van der Waals surface area contributed by atoms with E-state index >= 15 is 0 Å². The van der Waals surface area contributed by atoms with E-state index in [-0.39, 0.29) is 28.8 Å². The van der Waals surface area contributed by atoms with E-state index < -0.39 is 28.5 Å². The molecule has 0 bridgehead atoms. The second-order valence-electron chi connectivity index (χ2n) is 9.72. The molecule has 0 aliphatic heterocycles. The van der Waals surface area contributed by atoms with Gasteiger partial charge in [0, 0.05) is 19.2 Å². The molecule has 2 amide bonds. The lowest BCUT2D eigenvalue weighted by molar-refractivity contribution is -0.140. The van der Waals surface area contributed by atoms with Crippen molar-refractivity contribution < 1.29 is 32.2 Å². The van der Waals surface area contributed by atoms with Crippen molar-refractivity contribution in [1.82, 2.24) is 10.2 Å². The van der Waals surface area contributed by atoms with E-state index in [9.17, 15) is 18.0 Å². The minimum atomic E-state index is -4.30. The number of hydrogen-bond acceptors (Lipinski definition) is 7. The molecule has 10 nitrogen and oxygen atoms in total. The van der Waals surface area contributed by atoms with Gasteiger partial charge in [-0.2, -0.15) is 0 Å². The summed E-state index contributed by atoms with van der Waals surface area (Å²) in [5.74, 6) is 0.318. The van der Waals surface area contributed by atoms with Crippen molar-refractivity contribution in [3.63, 3.8) is 0 Å². The quantitative estimate of drug-likeness (QED) is 0.268. The molecule has 0 heterocycles. The summed E-state index contributed by atoms with van der Waals surface area (Å²) in [6, 6.07) is 17.5. The number of carbonyl (C=O) groups excluding carboxylic acids is 2. The molecular weight excluding hydrogens is 570 g/mol. The number of anilines is 1. The van der Waals surface area contributed by atoms with Crippen LogP contribution in [0.5, 0.6) is 17.2 Å². The molecule has 3 rings (SSSR count). The molecule has 43 heavy (non-hydrogen) atoms. The Morgan fingerprint density at radius 2 is 1.58 bits per heavy atom. The molecule has 0 spiro atoms. The standard InChI is InChI=1S/C32H41N3O7S/c1-7-28(32(37)33-8-2)34(21-24-13-11-10-12-23(24)4)31(36)22-35(25-14-16-26(17-15-25)42-9-3)43(38,39)27-18-19-29(40-5)30(20-27)41-6/h10-20,28H,7-9,21-22H2,1-6H3,(H,33,37)/t28-/m1/s1. The van der Waals surface area contributed by atoms with Gasteiger partial charge in [-0.25, -0.2) is 8.42 Å². The van der Waals surface area contributed by atoms with Crippen LogP contribution in [0.3, 0.4) is 0 Å². The van der Waals surface area contributed by atoms with Crippen LogP contribution in [0.2, 0.25) is 0 Å². The second kappa shape index (κ2) is 15.3. The van der Waals surface area contributed by atoms with Crippen LogP contribution in [-0.2, 0) is 26.2 Å². The van der Waals surface area contributed by atoms with Crippen molar-refractivity contribution in [1.29, 1.82) is 0 Å². The molecule has 1 atom stereocenters. The number of likely N-dealkylation sites (N-methyl/N-ethyl adjacent to an activating group) is 1. The summed E-state index contributed by atoms with van der Waals surface area (Å²) >= 11 is 0. The first-order valence-electron chi connectivity index (χ1n) is 14.2. The molecule has 0 saturated carbocycles. The zero-order chi connectivity index (χ0) is 31.6. The van der Waals surface area contributed by atoms with Gasteiger partial charge in [0.15, 0.2) is 11.5 Å². The van der Waals surface area contributed by atoms with Crippen molar-refractivity contribution in [2.45, 2.75) is 51.6 Å². The van der Waals surface area contributed by atoms with Crippen molar-refractivity contribution in [3.8, 4) is 17.2 Å². The molecule has 0 saturated heterocycles. The van der Waals surface area contributed by atoms with Crippen LogP contribution >= 0.6 is 0 Å². The Morgan fingerprint density at radius 1 is 0.907 bits per heavy atom. The van der Waals surface area contributed by atoms with Crippen LogP contribution in [0.15, 0.2) is 71.6 Å². The minimum absolute atomic E-state index is 0.0898. The zero-order valence-electron chi connectivity index (χ0n) is 25.6. The fourth-order valence-electron chi connectivity index (χ4n) is 4.69. The van der Waals surface area contributed by atoms with Crippen LogP contribution in [0, 0.1) is 6.92 Å². The van der Waals surface area contributed by atoms with Crippen molar-refractivity contribution in [2.75, 3.05) is 38.2 Å². The summed E-state index contributed by atoms with van der Waals surface area (Å²) in [6.45, 7) is 7.83. The summed E-state index contributed by atoms with van der Waals surface area (Å²) in [5, 5.41) is 2.81. The fraction of sp³-hybridized carbons (Fsp3) is 0.375. The predicted molar refractivity (Wildman–Crippen MR) is 166 cm³/mol. The van der Waals surface area contributed by atoms with Gasteiger partial charge in [0.05, 0.1) is 31.4 Å². The summed E-state index contributed by atoms with van der Waals surface area (Å²) < 4.78 is 45.6. The third-order valence-electron chi connectivity index (χ3n) is 7.00. The number of amides is 2. The van der Waals surface area contributed by atoms with E-state index in [0.29, 0.717) is 31.1 Å². The Bertz CT molecular complexity index is 1490. The Morgan fingerprint density at radius 3 is 2.16 bits per heavy atom. The van der Waals surface area contributed by atoms with Gasteiger partial charge < -0.3 is 24.4 Å². The van der Waals surface area contributed by atoms with Gasteiger partial charge in [0.25, 0.3) is 10.0 Å². The van der Waals surface area contributed by atoms with Crippen molar-refractivity contribution in [3.05, 3.63) is 77.9 Å². The first kappa shape index (κ1) is 33.3. The van der Waals surface area contributed by atoms with E-state index in [1.807, 2.05) is 52.0 Å². The van der Waals surface area contributed by atoms with Gasteiger partial charge in [-0.15, -0.1) is 0 Å². The Labute approximate surface area is 254 Å². The zero-order valence-corrected chi connectivity index (χ0v) is 26.4. The monoisotopic (exact) mass is 611 g/mol. The number of sulfonamides is 1. The molecule has 0 aliphatic carbocycles. The maximum Gasteiger partial charge on any atom is 0.264 e. The summed E-state index contributed by atoms with van der Waals surface area (Å²) in [6.07, 6.45) is 0.342. The molecule has 0 unspecified atom stereocenters. The highest BCUT2D eigenvalue weighted by Gasteiger charge is 2.34. The highest BCUT2D eigenvalue weighted by Crippen LogP contribution is 2.33. The first-order chi connectivity index (χ1) is 20.6. The first-order valence-corrected chi connectivity index (χ1v) is 15.6. The van der Waals surface area contributed by atoms with E-state index in [1.165, 1.54) is 37.3 Å². The number of nitrogens with zero attached hydrogens (tertiary/aromatic N) is 2. The molecule has 0 radical (unpaired) electrons. The van der Waals surface area contributed by atoms with Gasteiger partial charge in [-0.1, -0.05) is 31.2 Å². The number of rotatable bonds is 15. The third-order valence-corrected chi connectivity index (χ3v) is 8.77. The average Bonchev–Trinajstić information content (AvgIpc) is 3.00. The van der Waals surface area contributed by atoms with Crippen LogP contribution in [0.25, 0.3) is 0 Å². The number of ether oxygens (including phenoxy) is 3. The highest BCUT2D eigenvalue weighted by atomic mass is 32.2. The maximum atomic E-state index is 14.2. The largest absolute Gasteiger partial charge is 0.494 e. The van der Waals surface area contributed by atoms with Crippen LogP contribution in [0.4, 0.5) is 5.69 Å². The maximum absolute atomic E-state index is 14.2. The Hall–Kier alpha value is -4.25.